The van der Waals surface area contributed by atoms with E-state index in [4.69, 9.17) is 0 Å². The molecule has 0 atom stereocenters. The minimum absolute atomic E-state index is 0.0635. The van der Waals surface area contributed by atoms with Crippen LogP contribution in [0.3, 0.4) is 0 Å². The van der Waals surface area contributed by atoms with Crippen LogP contribution in [0.4, 0.5) is 8.78 Å². The van der Waals surface area contributed by atoms with Gasteiger partial charge in [0.1, 0.15) is 11.6 Å². The van der Waals surface area contributed by atoms with Gasteiger partial charge in [-0.3, -0.25) is 14.4 Å². The number of hydrogen-bond donors (Lipinski definition) is 3. The largest absolute Gasteiger partial charge is 0.353 e. The van der Waals surface area contributed by atoms with Gasteiger partial charge in [-0.2, -0.15) is 0 Å². The van der Waals surface area contributed by atoms with E-state index in [1.807, 2.05) is 0 Å². The number of rotatable bonds is 7. The van der Waals surface area contributed by atoms with Crippen LogP contribution in [0.25, 0.3) is 11.1 Å². The number of carbonyl (C=O) groups excluding carboxylic acids is 3. The lowest BCUT2D eigenvalue weighted by Gasteiger charge is -2.10. The average Bonchev–Trinajstić information content (AvgIpc) is 2.64. The molecular weight excluding hydrogens is 356 g/mol. The molecule has 6 nitrogen and oxygen atoms in total. The van der Waals surface area contributed by atoms with Gasteiger partial charge in [0.25, 0.3) is 5.91 Å². The molecule has 0 saturated carbocycles. The molecule has 3 N–H and O–H groups in total. The van der Waals surface area contributed by atoms with Gasteiger partial charge in [0.15, 0.2) is 0 Å². The summed E-state index contributed by atoms with van der Waals surface area (Å²) in [5.74, 6) is -2.63. The normalized spacial score (nSPS) is 10.2. The van der Waals surface area contributed by atoms with Gasteiger partial charge in [0.05, 0.1) is 12.1 Å². The molecule has 2 rings (SSSR count). The van der Waals surface area contributed by atoms with Crippen molar-refractivity contribution in [2.24, 2.45) is 0 Å². The van der Waals surface area contributed by atoms with E-state index in [2.05, 4.69) is 16.0 Å². The van der Waals surface area contributed by atoms with Gasteiger partial charge in [-0.05, 0) is 23.8 Å². The van der Waals surface area contributed by atoms with E-state index >= 15 is 0 Å². The van der Waals surface area contributed by atoms with Gasteiger partial charge in [0, 0.05) is 25.6 Å². The van der Waals surface area contributed by atoms with E-state index < -0.39 is 23.4 Å². The summed E-state index contributed by atoms with van der Waals surface area (Å²) in [5.41, 5.74) is 0.417. The molecular formula is C19H19F2N3O3. The minimum atomic E-state index is -0.734. The third-order valence-electron chi connectivity index (χ3n) is 3.63. The van der Waals surface area contributed by atoms with Crippen LogP contribution < -0.4 is 16.0 Å². The summed E-state index contributed by atoms with van der Waals surface area (Å²) in [4.78, 5) is 34.3. The third-order valence-corrected chi connectivity index (χ3v) is 3.63. The van der Waals surface area contributed by atoms with Crippen LogP contribution in [0, 0.1) is 11.6 Å². The number of amides is 3. The fourth-order valence-electron chi connectivity index (χ4n) is 2.30. The zero-order valence-electron chi connectivity index (χ0n) is 14.6. The Kier molecular flexibility index (Phi) is 6.99. The zero-order chi connectivity index (χ0) is 19.8. The van der Waals surface area contributed by atoms with E-state index in [1.165, 1.54) is 37.3 Å². The Morgan fingerprint density at radius 2 is 1.59 bits per heavy atom. The van der Waals surface area contributed by atoms with E-state index in [9.17, 15) is 23.2 Å². The van der Waals surface area contributed by atoms with Crippen molar-refractivity contribution in [1.29, 1.82) is 0 Å². The van der Waals surface area contributed by atoms with Crippen molar-refractivity contribution in [3.8, 4) is 11.1 Å². The highest BCUT2D eigenvalue weighted by Crippen LogP contribution is 2.24. The highest BCUT2D eigenvalue weighted by Gasteiger charge is 2.14. The Balaban J connectivity index is 1.94. The number of nitrogens with one attached hydrogen (secondary N) is 3. The second-order valence-corrected chi connectivity index (χ2v) is 5.69. The maximum Gasteiger partial charge on any atom is 0.254 e. The molecule has 0 spiro atoms. The Morgan fingerprint density at radius 1 is 0.889 bits per heavy atom. The van der Waals surface area contributed by atoms with Crippen molar-refractivity contribution in [1.82, 2.24) is 16.0 Å². The van der Waals surface area contributed by atoms with Crippen LogP contribution in [-0.2, 0) is 9.59 Å². The molecule has 0 heterocycles. The van der Waals surface area contributed by atoms with E-state index in [0.29, 0.717) is 5.56 Å². The molecule has 3 amide bonds. The monoisotopic (exact) mass is 375 g/mol. The van der Waals surface area contributed by atoms with Crippen molar-refractivity contribution in [2.75, 3.05) is 19.6 Å². The summed E-state index contributed by atoms with van der Waals surface area (Å²) >= 11 is 0. The molecule has 27 heavy (non-hydrogen) atoms. The summed E-state index contributed by atoms with van der Waals surface area (Å²) in [6.45, 7) is 1.30. The SMILES string of the molecule is CC(=O)NCC(=O)NCCNC(=O)c1cc(-c2ccccc2F)ccc1F. The van der Waals surface area contributed by atoms with Gasteiger partial charge in [0.2, 0.25) is 11.8 Å². The smallest absolute Gasteiger partial charge is 0.254 e. The van der Waals surface area contributed by atoms with Crippen molar-refractivity contribution in [3.05, 3.63) is 59.7 Å². The molecule has 0 unspecified atom stereocenters. The van der Waals surface area contributed by atoms with Gasteiger partial charge in [-0.1, -0.05) is 24.3 Å². The standard InChI is InChI=1S/C19H19F2N3O3/c1-12(25)24-11-18(26)22-8-9-23-19(27)15-10-13(6-7-17(15)21)14-4-2-3-5-16(14)20/h2-7,10H,8-9,11H2,1H3,(H,22,26)(H,23,27)(H,24,25). The van der Waals surface area contributed by atoms with Crippen molar-refractivity contribution in [2.45, 2.75) is 6.92 Å². The Morgan fingerprint density at radius 3 is 2.30 bits per heavy atom. The van der Waals surface area contributed by atoms with Crippen molar-refractivity contribution >= 4 is 17.7 Å². The Bertz CT molecular complexity index is 856. The molecule has 0 saturated heterocycles. The molecule has 8 heteroatoms. The van der Waals surface area contributed by atoms with Crippen LogP contribution in [0.15, 0.2) is 42.5 Å². The van der Waals surface area contributed by atoms with Gasteiger partial charge >= 0.3 is 0 Å². The average molecular weight is 375 g/mol. The van der Waals surface area contributed by atoms with Gasteiger partial charge in [-0.15, -0.1) is 0 Å². The van der Waals surface area contributed by atoms with Crippen LogP contribution in [0.1, 0.15) is 17.3 Å². The lowest BCUT2D eigenvalue weighted by molar-refractivity contribution is -0.124. The highest BCUT2D eigenvalue weighted by molar-refractivity contribution is 5.95. The second-order valence-electron chi connectivity index (χ2n) is 5.69. The number of carbonyl (C=O) groups is 3. The Labute approximate surface area is 155 Å². The summed E-state index contributed by atoms with van der Waals surface area (Å²) in [6.07, 6.45) is 0. The molecule has 0 bridgehead atoms. The maximum atomic E-state index is 14.0. The number of halogens is 2. The summed E-state index contributed by atoms with van der Waals surface area (Å²) in [5, 5.41) is 7.31. The molecule has 2 aromatic rings. The number of benzene rings is 2. The second kappa shape index (κ2) is 9.42. The highest BCUT2D eigenvalue weighted by atomic mass is 19.1. The van der Waals surface area contributed by atoms with Crippen LogP contribution >= 0.6 is 0 Å². The van der Waals surface area contributed by atoms with Gasteiger partial charge < -0.3 is 16.0 Å². The maximum absolute atomic E-state index is 14.0. The van der Waals surface area contributed by atoms with Crippen LogP contribution in [-0.4, -0.2) is 37.4 Å². The summed E-state index contributed by atoms with van der Waals surface area (Å²) in [7, 11) is 0. The minimum Gasteiger partial charge on any atom is -0.353 e. The summed E-state index contributed by atoms with van der Waals surface area (Å²) < 4.78 is 27.9. The van der Waals surface area contributed by atoms with Crippen molar-refractivity contribution in [3.63, 3.8) is 0 Å². The molecule has 0 aromatic heterocycles. The molecule has 0 radical (unpaired) electrons. The van der Waals surface area contributed by atoms with Crippen LogP contribution in [0.2, 0.25) is 0 Å². The first-order valence-electron chi connectivity index (χ1n) is 8.22. The first-order chi connectivity index (χ1) is 12.9. The molecule has 0 aliphatic carbocycles. The molecule has 2 aromatic carbocycles. The quantitative estimate of drug-likeness (QED) is 0.643. The summed E-state index contributed by atoms with van der Waals surface area (Å²) in [6, 6.07) is 9.77. The molecule has 142 valence electrons. The molecule has 0 aliphatic heterocycles. The zero-order valence-corrected chi connectivity index (χ0v) is 14.6. The van der Waals surface area contributed by atoms with Crippen molar-refractivity contribution < 1.29 is 23.2 Å². The van der Waals surface area contributed by atoms with Crippen LogP contribution in [0.5, 0.6) is 0 Å². The molecule has 0 aliphatic rings. The fraction of sp³-hybridized carbons (Fsp3) is 0.211. The lowest BCUT2D eigenvalue weighted by Crippen LogP contribution is -2.40. The van der Waals surface area contributed by atoms with E-state index in [-0.39, 0.29) is 36.7 Å². The third kappa shape index (κ3) is 5.88. The predicted molar refractivity (Wildman–Crippen MR) is 95.8 cm³/mol. The lowest BCUT2D eigenvalue weighted by atomic mass is 10.0. The fourth-order valence-corrected chi connectivity index (χ4v) is 2.30. The van der Waals surface area contributed by atoms with E-state index in [1.54, 1.807) is 6.07 Å². The van der Waals surface area contributed by atoms with Gasteiger partial charge in [-0.25, -0.2) is 8.78 Å². The first-order valence-corrected chi connectivity index (χ1v) is 8.22. The number of hydrogen-bond acceptors (Lipinski definition) is 3. The first kappa shape index (κ1) is 20.0. The molecule has 0 fully saturated rings. The van der Waals surface area contributed by atoms with E-state index in [0.717, 1.165) is 6.07 Å². The predicted octanol–water partition coefficient (Wildman–Crippen LogP) is 1.61. The Hall–Kier alpha value is -3.29. The topological polar surface area (TPSA) is 87.3 Å².